The van der Waals surface area contributed by atoms with Crippen molar-refractivity contribution in [2.24, 2.45) is 50.3 Å². The Bertz CT molecular complexity index is 917. The Hall–Kier alpha value is -4.15. The summed E-state index contributed by atoms with van der Waals surface area (Å²) in [6.07, 6.45) is 0.698. The van der Waals surface area contributed by atoms with Gasteiger partial charge in [-0.15, -0.1) is 0 Å². The van der Waals surface area contributed by atoms with Crippen molar-refractivity contribution in [2.45, 2.75) is 83.0 Å². The maximum Gasteiger partial charge on any atom is 0.326 e. The van der Waals surface area contributed by atoms with E-state index in [1.165, 1.54) is 0 Å². The highest BCUT2D eigenvalue weighted by molar-refractivity contribution is 5.94. The van der Waals surface area contributed by atoms with Crippen LogP contribution in [-0.4, -0.2) is 83.9 Å². The van der Waals surface area contributed by atoms with Gasteiger partial charge >= 0.3 is 5.97 Å². The largest absolute Gasteiger partial charge is 0.480 e. The predicted molar refractivity (Wildman–Crippen MR) is 149 cm³/mol. The number of nitrogens with one attached hydrogen (secondary N) is 3. The van der Waals surface area contributed by atoms with Gasteiger partial charge in [0.05, 0.1) is 6.04 Å². The summed E-state index contributed by atoms with van der Waals surface area (Å²) in [5, 5.41) is 17.1. The highest BCUT2D eigenvalue weighted by Crippen LogP contribution is 2.08. The molecule has 0 radical (unpaired) electrons. The summed E-state index contributed by atoms with van der Waals surface area (Å²) in [7, 11) is 0. The fourth-order valence-corrected chi connectivity index (χ4v) is 3.49. The maximum absolute atomic E-state index is 13.3. The van der Waals surface area contributed by atoms with Gasteiger partial charge in [0, 0.05) is 19.5 Å². The first-order chi connectivity index (χ1) is 18.6. The number of guanidine groups is 2. The summed E-state index contributed by atoms with van der Waals surface area (Å²) >= 11 is 0. The van der Waals surface area contributed by atoms with Gasteiger partial charge in [-0.2, -0.15) is 0 Å². The predicted octanol–water partition coefficient (Wildman–Crippen LogP) is -3.73. The van der Waals surface area contributed by atoms with Crippen LogP contribution < -0.4 is 50.4 Å². The lowest BCUT2D eigenvalue weighted by Gasteiger charge is -2.25. The zero-order chi connectivity index (χ0) is 30.8. The van der Waals surface area contributed by atoms with Gasteiger partial charge in [0.25, 0.3) is 0 Å². The first kappa shape index (κ1) is 35.9. The van der Waals surface area contributed by atoms with Crippen molar-refractivity contribution in [3.8, 4) is 0 Å². The number of carbonyl (C=O) groups is 5. The quantitative estimate of drug-likeness (QED) is 0.0384. The van der Waals surface area contributed by atoms with Crippen LogP contribution in [0.25, 0.3) is 0 Å². The first-order valence-corrected chi connectivity index (χ1v) is 12.9. The zero-order valence-corrected chi connectivity index (χ0v) is 23.1. The molecule has 0 bridgehead atoms. The molecule has 0 rings (SSSR count). The van der Waals surface area contributed by atoms with Crippen LogP contribution in [0.1, 0.15) is 58.8 Å². The van der Waals surface area contributed by atoms with Crippen molar-refractivity contribution in [1.82, 2.24) is 16.0 Å². The van der Waals surface area contributed by atoms with Gasteiger partial charge in [-0.25, -0.2) is 4.79 Å². The van der Waals surface area contributed by atoms with E-state index in [4.69, 9.17) is 34.4 Å². The molecule has 0 aromatic rings. The Morgan fingerprint density at radius 2 is 1.12 bits per heavy atom. The van der Waals surface area contributed by atoms with Gasteiger partial charge in [0.2, 0.25) is 23.6 Å². The number of amides is 4. The van der Waals surface area contributed by atoms with Crippen molar-refractivity contribution in [3.05, 3.63) is 0 Å². The van der Waals surface area contributed by atoms with Crippen LogP contribution in [0.5, 0.6) is 0 Å². The monoisotopic (exact) mass is 571 g/mol. The number of hydrogen-bond acceptors (Lipinski definition) is 8. The standard InChI is InChI=1S/C23H45N11O6/c1-12(2)11-16(21(39)40)34-20(38)15(6-4-10-31-23(28)29)33-19(37)14(5-3-9-30-22(26)27)32-18(36)13(24)7-8-17(25)35/h12-16H,3-11,24H2,1-2H3,(H2,25,35)(H,32,36)(H,33,37)(H,34,38)(H,39,40)(H4,26,27,30)(H4,28,29,31). The van der Waals surface area contributed by atoms with E-state index in [0.29, 0.717) is 0 Å². The van der Waals surface area contributed by atoms with Crippen LogP contribution in [0.3, 0.4) is 0 Å². The van der Waals surface area contributed by atoms with Crippen molar-refractivity contribution >= 4 is 41.5 Å². The fraction of sp³-hybridized carbons (Fsp3) is 0.696. The molecule has 17 heteroatoms. The molecule has 0 aromatic carbocycles. The lowest BCUT2D eigenvalue weighted by molar-refractivity contribution is -0.143. The fourth-order valence-electron chi connectivity index (χ4n) is 3.49. The third-order valence-corrected chi connectivity index (χ3v) is 5.52. The number of rotatable bonds is 20. The molecule has 0 fully saturated rings. The molecule has 0 aromatic heterocycles. The van der Waals surface area contributed by atoms with Crippen LogP contribution in [0.2, 0.25) is 0 Å². The Morgan fingerprint density at radius 1 is 0.700 bits per heavy atom. The number of primary amides is 1. The average Bonchev–Trinajstić information content (AvgIpc) is 2.84. The molecule has 4 amide bonds. The number of carbonyl (C=O) groups excluding carboxylic acids is 4. The van der Waals surface area contributed by atoms with Crippen LogP contribution in [0.4, 0.5) is 0 Å². The van der Waals surface area contributed by atoms with E-state index in [2.05, 4.69) is 25.9 Å². The second-order valence-electron chi connectivity index (χ2n) is 9.66. The Balaban J connectivity index is 5.77. The van der Waals surface area contributed by atoms with Gasteiger partial charge < -0.3 is 55.5 Å². The number of nitrogens with two attached hydrogens (primary N) is 6. The van der Waals surface area contributed by atoms with E-state index in [-0.39, 0.29) is 75.9 Å². The normalized spacial score (nSPS) is 13.7. The highest BCUT2D eigenvalue weighted by atomic mass is 16.4. The van der Waals surface area contributed by atoms with Gasteiger partial charge in [-0.05, 0) is 44.4 Å². The summed E-state index contributed by atoms with van der Waals surface area (Å²) in [5.41, 5.74) is 32.3. The molecule has 0 heterocycles. The molecular formula is C23H45N11O6. The van der Waals surface area contributed by atoms with Gasteiger partial charge in [0.1, 0.15) is 18.1 Å². The highest BCUT2D eigenvalue weighted by Gasteiger charge is 2.30. The minimum atomic E-state index is -1.22. The first-order valence-electron chi connectivity index (χ1n) is 12.9. The van der Waals surface area contributed by atoms with Crippen molar-refractivity contribution in [3.63, 3.8) is 0 Å². The molecule has 0 spiro atoms. The summed E-state index contributed by atoms with van der Waals surface area (Å²) < 4.78 is 0. The molecular weight excluding hydrogens is 526 g/mol. The Labute approximate surface area is 233 Å². The minimum Gasteiger partial charge on any atom is -0.480 e. The molecule has 0 aliphatic rings. The molecule has 40 heavy (non-hydrogen) atoms. The van der Waals surface area contributed by atoms with Gasteiger partial charge in [0.15, 0.2) is 11.9 Å². The molecule has 228 valence electrons. The number of hydrogen-bond donors (Lipinski definition) is 10. The lowest BCUT2D eigenvalue weighted by atomic mass is 10.0. The summed E-state index contributed by atoms with van der Waals surface area (Å²) in [4.78, 5) is 69.3. The third-order valence-electron chi connectivity index (χ3n) is 5.52. The number of aliphatic carboxylic acids is 1. The van der Waals surface area contributed by atoms with E-state index in [1.54, 1.807) is 13.8 Å². The zero-order valence-electron chi connectivity index (χ0n) is 23.1. The molecule has 17 nitrogen and oxygen atoms in total. The van der Waals surface area contributed by atoms with Crippen LogP contribution in [-0.2, 0) is 24.0 Å². The maximum atomic E-state index is 13.3. The summed E-state index contributed by atoms with van der Waals surface area (Å²) in [5.74, 6) is -4.34. The van der Waals surface area contributed by atoms with E-state index in [1.807, 2.05) is 0 Å². The molecule has 0 saturated carbocycles. The minimum absolute atomic E-state index is 0.0279. The lowest BCUT2D eigenvalue weighted by Crippen LogP contribution is -2.57. The summed E-state index contributed by atoms with van der Waals surface area (Å²) in [6.45, 7) is 3.93. The van der Waals surface area contributed by atoms with E-state index in [9.17, 15) is 29.1 Å². The second-order valence-corrected chi connectivity index (χ2v) is 9.66. The molecule has 4 atom stereocenters. The molecule has 0 aliphatic heterocycles. The molecule has 16 N–H and O–H groups in total. The molecule has 0 aliphatic carbocycles. The Kier molecular flexibility index (Phi) is 17.0. The average molecular weight is 572 g/mol. The third kappa shape index (κ3) is 16.6. The number of nitrogens with zero attached hydrogens (tertiary/aromatic N) is 2. The van der Waals surface area contributed by atoms with Crippen LogP contribution in [0, 0.1) is 5.92 Å². The second kappa shape index (κ2) is 19.0. The Morgan fingerprint density at radius 3 is 1.50 bits per heavy atom. The number of carboxylic acid groups (broad SMARTS) is 1. The molecule has 4 unspecified atom stereocenters. The van der Waals surface area contributed by atoms with E-state index in [0.717, 1.165) is 0 Å². The SMILES string of the molecule is CC(C)CC(NC(=O)C(CCCN=C(N)N)NC(=O)C(CCCN=C(N)N)NC(=O)C(N)CCC(N)=O)C(=O)O. The summed E-state index contributed by atoms with van der Waals surface area (Å²) in [6, 6.07) is -4.62. The van der Waals surface area contributed by atoms with Gasteiger partial charge in [-0.3, -0.25) is 29.2 Å². The van der Waals surface area contributed by atoms with Crippen molar-refractivity contribution < 1.29 is 29.1 Å². The van der Waals surface area contributed by atoms with Crippen LogP contribution in [0.15, 0.2) is 9.98 Å². The van der Waals surface area contributed by atoms with E-state index < -0.39 is 53.8 Å². The number of aliphatic imine (C=N–C) groups is 2. The van der Waals surface area contributed by atoms with Crippen molar-refractivity contribution in [2.75, 3.05) is 13.1 Å². The molecule has 0 saturated heterocycles. The van der Waals surface area contributed by atoms with E-state index >= 15 is 0 Å². The topological polar surface area (TPSA) is 323 Å². The van der Waals surface area contributed by atoms with Gasteiger partial charge in [-0.1, -0.05) is 13.8 Å². The number of carboxylic acids is 1. The van der Waals surface area contributed by atoms with Crippen molar-refractivity contribution in [1.29, 1.82) is 0 Å². The smallest absolute Gasteiger partial charge is 0.326 e. The van der Waals surface area contributed by atoms with Crippen LogP contribution >= 0.6 is 0 Å².